The van der Waals surface area contributed by atoms with Crippen LogP contribution in [-0.4, -0.2) is 5.78 Å². The summed E-state index contributed by atoms with van der Waals surface area (Å²) in [6.07, 6.45) is 0.968. The van der Waals surface area contributed by atoms with Crippen LogP contribution in [0.1, 0.15) is 54.0 Å². The molecule has 88 valence electrons. The van der Waals surface area contributed by atoms with Gasteiger partial charge in [-0.05, 0) is 30.5 Å². The number of benzene rings is 1. The van der Waals surface area contributed by atoms with Crippen LogP contribution in [0.15, 0.2) is 18.2 Å². The second kappa shape index (κ2) is 5.62. The molecule has 0 heterocycles. The Balaban J connectivity index is 3.25. The Morgan fingerprint density at radius 1 is 1.31 bits per heavy atom. The first-order valence-corrected chi connectivity index (χ1v) is 6.70. The van der Waals surface area contributed by atoms with Crippen LogP contribution in [0, 0.1) is 5.92 Å². The van der Waals surface area contributed by atoms with Crippen molar-refractivity contribution in [3.63, 3.8) is 0 Å². The van der Waals surface area contributed by atoms with E-state index in [4.69, 9.17) is 0 Å². The number of Topliss-reactive ketones (excluding diaryl/α,β-unsaturated/α-hetero) is 1. The fraction of sp³-hybridized carbons (Fsp3) is 0.500. The molecule has 0 spiro atoms. The van der Waals surface area contributed by atoms with E-state index in [9.17, 15) is 4.79 Å². The van der Waals surface area contributed by atoms with E-state index in [0.29, 0.717) is 0 Å². The third kappa shape index (κ3) is 2.94. The largest absolute Gasteiger partial charge is 0.294 e. The Bertz CT molecular complexity index is 380. The van der Waals surface area contributed by atoms with Crippen LogP contribution in [0.25, 0.3) is 0 Å². The molecule has 0 radical (unpaired) electrons. The molecule has 1 unspecified atom stereocenters. The van der Waals surface area contributed by atoms with Gasteiger partial charge in [-0.1, -0.05) is 48.8 Å². The van der Waals surface area contributed by atoms with Crippen molar-refractivity contribution in [3.05, 3.63) is 34.9 Å². The highest BCUT2D eigenvalue weighted by Gasteiger charge is 2.17. The van der Waals surface area contributed by atoms with Crippen LogP contribution < -0.4 is 0 Å². The molecule has 0 bridgehead atoms. The quantitative estimate of drug-likeness (QED) is 0.585. The number of alkyl halides is 1. The number of ketones is 1. The van der Waals surface area contributed by atoms with Crippen molar-refractivity contribution in [3.8, 4) is 0 Å². The summed E-state index contributed by atoms with van der Waals surface area (Å²) in [6.45, 7) is 8.06. The zero-order chi connectivity index (χ0) is 12.3. The predicted molar refractivity (Wildman–Crippen MR) is 72.3 cm³/mol. The minimum absolute atomic E-state index is 0.0529. The summed E-state index contributed by atoms with van der Waals surface area (Å²) >= 11 is 3.55. The first-order valence-electron chi connectivity index (χ1n) is 5.78. The minimum Gasteiger partial charge on any atom is -0.294 e. The standard InChI is InChI=1S/C14H19BrO/c1-5-11-6-7-12(10(4)15)13(8-11)14(16)9(2)3/h6-10H,5H2,1-4H3. The van der Waals surface area contributed by atoms with E-state index in [-0.39, 0.29) is 16.5 Å². The molecule has 1 nitrogen and oxygen atoms in total. The topological polar surface area (TPSA) is 17.1 Å². The average molecular weight is 283 g/mol. The van der Waals surface area contributed by atoms with E-state index in [1.165, 1.54) is 5.56 Å². The lowest BCUT2D eigenvalue weighted by Crippen LogP contribution is -2.11. The zero-order valence-electron chi connectivity index (χ0n) is 10.4. The summed E-state index contributed by atoms with van der Waals surface area (Å²) in [6, 6.07) is 6.20. The van der Waals surface area contributed by atoms with Gasteiger partial charge in [0.15, 0.2) is 5.78 Å². The Hall–Kier alpha value is -0.630. The third-order valence-corrected chi connectivity index (χ3v) is 3.24. The Morgan fingerprint density at radius 3 is 2.38 bits per heavy atom. The van der Waals surface area contributed by atoms with Crippen LogP contribution in [0.2, 0.25) is 0 Å². The predicted octanol–water partition coefficient (Wildman–Crippen LogP) is 4.54. The lowest BCUT2D eigenvalue weighted by Gasteiger charge is -2.14. The summed E-state index contributed by atoms with van der Waals surface area (Å²) in [5.74, 6) is 0.286. The molecule has 0 saturated heterocycles. The van der Waals surface area contributed by atoms with E-state index in [1.807, 2.05) is 19.9 Å². The van der Waals surface area contributed by atoms with Gasteiger partial charge in [-0.25, -0.2) is 0 Å². The Morgan fingerprint density at radius 2 is 1.94 bits per heavy atom. The number of aryl methyl sites for hydroxylation is 1. The van der Waals surface area contributed by atoms with Crippen LogP contribution in [0.5, 0.6) is 0 Å². The van der Waals surface area contributed by atoms with E-state index in [1.54, 1.807) is 0 Å². The van der Waals surface area contributed by atoms with Gasteiger partial charge in [-0.3, -0.25) is 4.79 Å². The van der Waals surface area contributed by atoms with Gasteiger partial charge in [0.1, 0.15) is 0 Å². The zero-order valence-corrected chi connectivity index (χ0v) is 12.0. The Labute approximate surface area is 106 Å². The molecule has 16 heavy (non-hydrogen) atoms. The van der Waals surface area contributed by atoms with Gasteiger partial charge in [-0.15, -0.1) is 0 Å². The second-order valence-corrected chi connectivity index (χ2v) is 5.78. The molecule has 1 atom stereocenters. The summed E-state index contributed by atoms with van der Waals surface area (Å²) in [7, 11) is 0. The lowest BCUT2D eigenvalue weighted by molar-refractivity contribution is 0.0938. The molecule has 0 amide bonds. The van der Waals surface area contributed by atoms with Gasteiger partial charge in [0.05, 0.1) is 0 Å². The number of rotatable bonds is 4. The van der Waals surface area contributed by atoms with Crippen LogP contribution >= 0.6 is 15.9 Å². The molecular formula is C14H19BrO. The maximum Gasteiger partial charge on any atom is 0.165 e. The molecule has 1 aromatic carbocycles. The summed E-state index contributed by atoms with van der Waals surface area (Å²) < 4.78 is 0. The van der Waals surface area contributed by atoms with Crippen molar-refractivity contribution in [1.29, 1.82) is 0 Å². The van der Waals surface area contributed by atoms with Crippen molar-refractivity contribution >= 4 is 21.7 Å². The summed E-state index contributed by atoms with van der Waals surface area (Å²) in [4.78, 5) is 12.3. The van der Waals surface area contributed by atoms with Gasteiger partial charge in [0.25, 0.3) is 0 Å². The van der Waals surface area contributed by atoms with Crippen LogP contribution in [0.3, 0.4) is 0 Å². The molecule has 0 aliphatic rings. The highest BCUT2D eigenvalue weighted by Crippen LogP contribution is 2.28. The SMILES string of the molecule is CCc1ccc(C(C)Br)c(C(=O)C(C)C)c1. The average Bonchev–Trinajstić information content (AvgIpc) is 2.26. The van der Waals surface area contributed by atoms with Crippen molar-refractivity contribution in [2.24, 2.45) is 5.92 Å². The normalized spacial score (nSPS) is 12.9. The molecule has 0 N–H and O–H groups in total. The third-order valence-electron chi connectivity index (χ3n) is 2.74. The van der Waals surface area contributed by atoms with Gasteiger partial charge >= 0.3 is 0 Å². The second-order valence-electron chi connectivity index (χ2n) is 4.41. The van der Waals surface area contributed by atoms with E-state index < -0.39 is 0 Å². The molecule has 2 heteroatoms. The van der Waals surface area contributed by atoms with E-state index in [0.717, 1.165) is 17.5 Å². The highest BCUT2D eigenvalue weighted by molar-refractivity contribution is 9.09. The first kappa shape index (κ1) is 13.4. The van der Waals surface area contributed by atoms with Crippen molar-refractivity contribution in [1.82, 2.24) is 0 Å². The minimum atomic E-state index is 0.0529. The maximum absolute atomic E-state index is 12.1. The van der Waals surface area contributed by atoms with Crippen molar-refractivity contribution in [2.45, 2.75) is 38.9 Å². The summed E-state index contributed by atoms with van der Waals surface area (Å²) in [5.41, 5.74) is 3.19. The van der Waals surface area contributed by atoms with Crippen molar-refractivity contribution in [2.75, 3.05) is 0 Å². The lowest BCUT2D eigenvalue weighted by atomic mass is 9.93. The maximum atomic E-state index is 12.1. The smallest absolute Gasteiger partial charge is 0.165 e. The number of hydrogen-bond acceptors (Lipinski definition) is 1. The van der Waals surface area contributed by atoms with Gasteiger partial charge < -0.3 is 0 Å². The molecule has 1 aromatic rings. The van der Waals surface area contributed by atoms with Gasteiger partial charge in [0, 0.05) is 16.3 Å². The molecule has 0 fully saturated rings. The molecule has 0 aliphatic heterocycles. The molecule has 0 aliphatic carbocycles. The first-order chi connectivity index (χ1) is 7.47. The number of hydrogen-bond donors (Lipinski definition) is 0. The molecule has 1 rings (SSSR count). The molecular weight excluding hydrogens is 264 g/mol. The van der Waals surface area contributed by atoms with Crippen LogP contribution in [0.4, 0.5) is 0 Å². The number of halogens is 1. The fourth-order valence-electron chi connectivity index (χ4n) is 1.69. The molecule has 0 aromatic heterocycles. The van der Waals surface area contributed by atoms with E-state index >= 15 is 0 Å². The number of carbonyl (C=O) groups is 1. The van der Waals surface area contributed by atoms with Crippen LogP contribution in [-0.2, 0) is 6.42 Å². The Kier molecular flexibility index (Phi) is 4.72. The summed E-state index contributed by atoms with van der Waals surface area (Å²) in [5, 5.41) is 0. The van der Waals surface area contributed by atoms with Gasteiger partial charge in [-0.2, -0.15) is 0 Å². The highest BCUT2D eigenvalue weighted by atomic mass is 79.9. The monoisotopic (exact) mass is 282 g/mol. The molecule has 0 saturated carbocycles. The van der Waals surface area contributed by atoms with E-state index in [2.05, 4.69) is 41.9 Å². The van der Waals surface area contributed by atoms with Gasteiger partial charge in [0.2, 0.25) is 0 Å². The number of carbonyl (C=O) groups excluding carboxylic acids is 1. The fourth-order valence-corrected chi connectivity index (χ4v) is 2.09. The van der Waals surface area contributed by atoms with Crippen molar-refractivity contribution < 1.29 is 4.79 Å².